The van der Waals surface area contributed by atoms with E-state index in [9.17, 15) is 9.59 Å². The van der Waals surface area contributed by atoms with Gasteiger partial charge in [-0.05, 0) is 39.8 Å². The molecule has 2 N–H and O–H groups in total. The van der Waals surface area contributed by atoms with Crippen LogP contribution in [0.3, 0.4) is 0 Å². The number of methoxy groups -OCH3 is 1. The molecule has 0 saturated heterocycles. The number of ether oxygens (including phenoxy) is 3. The first-order valence-electron chi connectivity index (χ1n) is 7.95. The van der Waals surface area contributed by atoms with Crippen LogP contribution >= 0.6 is 0 Å². The second kappa shape index (κ2) is 9.89. The molecule has 0 unspecified atom stereocenters. The third kappa shape index (κ3) is 5.82. The predicted octanol–water partition coefficient (Wildman–Crippen LogP) is 2.42. The van der Waals surface area contributed by atoms with Gasteiger partial charge in [-0.1, -0.05) is 0 Å². The summed E-state index contributed by atoms with van der Waals surface area (Å²) >= 11 is 0. The number of nitrogens with one attached hydrogen (secondary N) is 2. The fraction of sp³-hybridized carbons (Fsp3) is 0.529. The Hall–Kier alpha value is -2.12. The Morgan fingerprint density at radius 1 is 1.00 bits per heavy atom. The molecule has 0 aliphatic heterocycles. The van der Waals surface area contributed by atoms with E-state index in [0.717, 1.165) is 0 Å². The van der Waals surface area contributed by atoms with Gasteiger partial charge in [0.05, 0.1) is 12.8 Å². The second-order valence-corrected chi connectivity index (χ2v) is 5.09. The highest BCUT2D eigenvalue weighted by Crippen LogP contribution is 2.28. The molecule has 0 saturated carbocycles. The quantitative estimate of drug-likeness (QED) is 0.722. The molecule has 0 aromatic heterocycles. The van der Waals surface area contributed by atoms with Crippen molar-refractivity contribution in [2.45, 2.75) is 39.9 Å². The molecule has 0 fully saturated rings. The van der Waals surface area contributed by atoms with E-state index >= 15 is 0 Å². The van der Waals surface area contributed by atoms with E-state index in [-0.39, 0.29) is 11.8 Å². The second-order valence-electron chi connectivity index (χ2n) is 5.09. The molecule has 7 nitrogen and oxygen atoms in total. The van der Waals surface area contributed by atoms with Crippen LogP contribution in [0.2, 0.25) is 0 Å². The van der Waals surface area contributed by atoms with Gasteiger partial charge in [-0.25, -0.2) is 0 Å². The van der Waals surface area contributed by atoms with Gasteiger partial charge in [0.15, 0.2) is 0 Å². The van der Waals surface area contributed by atoms with E-state index in [1.807, 2.05) is 13.8 Å². The zero-order valence-electron chi connectivity index (χ0n) is 14.8. The lowest BCUT2D eigenvalue weighted by molar-refractivity contribution is -0.126. The number of hydrogen-bond acceptors (Lipinski definition) is 5. The number of amides is 2. The Morgan fingerprint density at radius 3 is 2.04 bits per heavy atom. The molecule has 0 spiro atoms. The highest BCUT2D eigenvalue weighted by atomic mass is 16.5. The SMILES string of the molecule is CCO[C@@H](C)C(=O)Nc1ccc(NC(=O)[C@@H](C)OCC)cc1OC. The van der Waals surface area contributed by atoms with E-state index in [2.05, 4.69) is 10.6 Å². The van der Waals surface area contributed by atoms with E-state index in [0.29, 0.717) is 30.3 Å². The maximum Gasteiger partial charge on any atom is 0.253 e. The summed E-state index contributed by atoms with van der Waals surface area (Å²) in [6.45, 7) is 7.92. The fourth-order valence-corrected chi connectivity index (χ4v) is 2.00. The molecule has 24 heavy (non-hydrogen) atoms. The van der Waals surface area contributed by atoms with Crippen LogP contribution in [0, 0.1) is 0 Å². The maximum atomic E-state index is 12.0. The summed E-state index contributed by atoms with van der Waals surface area (Å²) in [5.41, 5.74) is 1.06. The molecular weight excluding hydrogens is 312 g/mol. The van der Waals surface area contributed by atoms with Crippen LogP contribution in [0.25, 0.3) is 0 Å². The van der Waals surface area contributed by atoms with Gasteiger partial charge in [-0.2, -0.15) is 0 Å². The Bertz CT molecular complexity index is 562. The molecule has 1 aromatic rings. The van der Waals surface area contributed by atoms with Crippen LogP contribution in [0.1, 0.15) is 27.7 Å². The summed E-state index contributed by atoms with van der Waals surface area (Å²) in [7, 11) is 1.49. The molecule has 7 heteroatoms. The summed E-state index contributed by atoms with van der Waals surface area (Å²) < 4.78 is 15.8. The molecule has 0 heterocycles. The van der Waals surface area contributed by atoms with Crippen molar-refractivity contribution < 1.29 is 23.8 Å². The van der Waals surface area contributed by atoms with E-state index in [4.69, 9.17) is 14.2 Å². The first kappa shape index (κ1) is 19.9. The molecule has 0 radical (unpaired) electrons. The van der Waals surface area contributed by atoms with Gasteiger partial charge >= 0.3 is 0 Å². The topological polar surface area (TPSA) is 85.9 Å². The van der Waals surface area contributed by atoms with Gasteiger partial charge in [0.25, 0.3) is 11.8 Å². The van der Waals surface area contributed by atoms with Gasteiger partial charge in [0.2, 0.25) is 0 Å². The van der Waals surface area contributed by atoms with Crippen molar-refractivity contribution in [2.24, 2.45) is 0 Å². The summed E-state index contributed by atoms with van der Waals surface area (Å²) in [4.78, 5) is 24.0. The Labute approximate surface area is 142 Å². The van der Waals surface area contributed by atoms with Crippen LogP contribution in [0.15, 0.2) is 18.2 Å². The maximum absolute atomic E-state index is 12.0. The van der Waals surface area contributed by atoms with E-state index < -0.39 is 12.2 Å². The average molecular weight is 338 g/mol. The monoisotopic (exact) mass is 338 g/mol. The van der Waals surface area contributed by atoms with Gasteiger partial charge in [-0.3, -0.25) is 9.59 Å². The van der Waals surface area contributed by atoms with Gasteiger partial charge < -0.3 is 24.8 Å². The molecular formula is C17H26N2O5. The smallest absolute Gasteiger partial charge is 0.253 e. The minimum atomic E-state index is -0.564. The van der Waals surface area contributed by atoms with Crippen LogP contribution in [0.5, 0.6) is 5.75 Å². The fourth-order valence-electron chi connectivity index (χ4n) is 2.00. The van der Waals surface area contributed by atoms with Crippen molar-refractivity contribution in [3.8, 4) is 5.75 Å². The lowest BCUT2D eigenvalue weighted by Gasteiger charge is -2.16. The molecule has 0 aliphatic carbocycles. The summed E-state index contributed by atoms with van der Waals surface area (Å²) in [5.74, 6) is -0.0773. The minimum absolute atomic E-state index is 0.249. The van der Waals surface area contributed by atoms with Crippen molar-refractivity contribution in [3.63, 3.8) is 0 Å². The number of benzene rings is 1. The Kier molecular flexibility index (Phi) is 8.21. The zero-order chi connectivity index (χ0) is 18.1. The number of hydrogen-bond donors (Lipinski definition) is 2. The molecule has 0 aliphatic rings. The summed E-state index contributed by atoms with van der Waals surface area (Å²) in [6, 6.07) is 4.98. The molecule has 0 bridgehead atoms. The third-order valence-electron chi connectivity index (χ3n) is 3.30. The number of anilines is 2. The van der Waals surface area contributed by atoms with Crippen molar-refractivity contribution in [1.82, 2.24) is 0 Å². The third-order valence-corrected chi connectivity index (χ3v) is 3.30. The Balaban J connectivity index is 2.81. The van der Waals surface area contributed by atoms with Gasteiger partial charge in [0, 0.05) is 25.0 Å². The Morgan fingerprint density at radius 2 is 1.54 bits per heavy atom. The highest BCUT2D eigenvalue weighted by molar-refractivity contribution is 5.97. The standard InChI is InChI=1S/C17H26N2O5/c1-6-23-11(3)16(20)18-13-8-9-14(15(10-13)22-5)19-17(21)12(4)24-7-2/h8-12H,6-7H2,1-5H3,(H,18,20)(H,19,21)/t11-,12+/m1/s1. The minimum Gasteiger partial charge on any atom is -0.494 e. The number of rotatable bonds is 9. The van der Waals surface area contributed by atoms with Crippen molar-refractivity contribution in [2.75, 3.05) is 31.0 Å². The summed E-state index contributed by atoms with van der Waals surface area (Å²) in [5, 5.41) is 5.49. The lowest BCUT2D eigenvalue weighted by atomic mass is 10.2. The first-order valence-corrected chi connectivity index (χ1v) is 7.95. The predicted molar refractivity (Wildman–Crippen MR) is 92.4 cm³/mol. The molecule has 2 atom stereocenters. The molecule has 1 aromatic carbocycles. The van der Waals surface area contributed by atoms with Gasteiger partial charge in [0.1, 0.15) is 18.0 Å². The summed E-state index contributed by atoms with van der Waals surface area (Å²) in [6.07, 6.45) is -1.11. The van der Waals surface area contributed by atoms with Crippen molar-refractivity contribution >= 4 is 23.2 Å². The number of carbonyl (C=O) groups is 2. The molecule has 1 rings (SSSR count). The van der Waals surface area contributed by atoms with Crippen LogP contribution in [-0.4, -0.2) is 44.3 Å². The van der Waals surface area contributed by atoms with E-state index in [1.165, 1.54) is 7.11 Å². The molecule has 134 valence electrons. The zero-order valence-corrected chi connectivity index (χ0v) is 14.8. The van der Waals surface area contributed by atoms with Crippen LogP contribution < -0.4 is 15.4 Å². The molecule has 2 amide bonds. The number of carbonyl (C=O) groups excluding carboxylic acids is 2. The van der Waals surface area contributed by atoms with E-state index in [1.54, 1.807) is 32.0 Å². The van der Waals surface area contributed by atoms with Crippen molar-refractivity contribution in [3.05, 3.63) is 18.2 Å². The van der Waals surface area contributed by atoms with Crippen LogP contribution in [-0.2, 0) is 19.1 Å². The van der Waals surface area contributed by atoms with Crippen molar-refractivity contribution in [1.29, 1.82) is 0 Å². The average Bonchev–Trinajstić information content (AvgIpc) is 2.56. The largest absolute Gasteiger partial charge is 0.494 e. The normalized spacial score (nSPS) is 13.0. The van der Waals surface area contributed by atoms with Gasteiger partial charge in [-0.15, -0.1) is 0 Å². The van der Waals surface area contributed by atoms with Crippen LogP contribution in [0.4, 0.5) is 11.4 Å². The lowest BCUT2D eigenvalue weighted by Crippen LogP contribution is -2.28. The first-order chi connectivity index (χ1) is 11.4. The highest BCUT2D eigenvalue weighted by Gasteiger charge is 2.17.